The zero-order chi connectivity index (χ0) is 7.07. The first kappa shape index (κ1) is 7.03. The van der Waals surface area contributed by atoms with Gasteiger partial charge in [-0.1, -0.05) is 0 Å². The first-order valence-corrected chi connectivity index (χ1v) is 3.55. The van der Waals surface area contributed by atoms with E-state index in [1.54, 1.807) is 0 Å². The molecule has 1 rings (SSSR count). The summed E-state index contributed by atoms with van der Waals surface area (Å²) >= 11 is 0. The highest BCUT2D eigenvalue weighted by Gasteiger charge is 2.40. The summed E-state index contributed by atoms with van der Waals surface area (Å²) < 4.78 is 0. The molecule has 0 radical (unpaired) electrons. The van der Waals surface area contributed by atoms with Crippen LogP contribution in [0.4, 0.5) is 0 Å². The van der Waals surface area contributed by atoms with Crippen LogP contribution in [0.5, 0.6) is 0 Å². The number of likely N-dealkylation sites (tertiary alicyclic amines) is 1. The molecule has 2 nitrogen and oxygen atoms in total. The molecule has 2 N–H and O–H groups in total. The van der Waals surface area contributed by atoms with Crippen molar-refractivity contribution in [2.75, 3.05) is 6.67 Å². The van der Waals surface area contributed by atoms with Crippen LogP contribution in [0.2, 0.25) is 0 Å². The van der Waals surface area contributed by atoms with Crippen LogP contribution in [0.3, 0.4) is 0 Å². The van der Waals surface area contributed by atoms with E-state index in [9.17, 15) is 0 Å². The maximum absolute atomic E-state index is 5.53. The van der Waals surface area contributed by atoms with Gasteiger partial charge in [-0.2, -0.15) is 0 Å². The van der Waals surface area contributed by atoms with E-state index in [0.29, 0.717) is 18.2 Å². The average Bonchev–Trinajstić information content (AvgIpc) is 1.63. The highest BCUT2D eigenvalue weighted by atomic mass is 15.3. The number of nitrogens with zero attached hydrogens (tertiary/aromatic N) is 1. The van der Waals surface area contributed by atoms with Crippen molar-refractivity contribution in [3.8, 4) is 0 Å². The number of hydrogen-bond acceptors (Lipinski definition) is 2. The quantitative estimate of drug-likeness (QED) is 0.565. The Hall–Kier alpha value is -0.0800. The lowest BCUT2D eigenvalue weighted by atomic mass is 9.83. The second kappa shape index (κ2) is 1.96. The third kappa shape index (κ3) is 0.970. The van der Waals surface area contributed by atoms with Crippen LogP contribution in [-0.2, 0) is 0 Å². The monoisotopic (exact) mass is 128 g/mol. The molecule has 0 amide bonds. The highest BCUT2D eigenvalue weighted by Crippen LogP contribution is 2.34. The van der Waals surface area contributed by atoms with Gasteiger partial charge >= 0.3 is 0 Å². The molecular formula is C7H16N2. The molecule has 0 aromatic heterocycles. The van der Waals surface area contributed by atoms with Gasteiger partial charge in [-0.05, 0) is 27.2 Å². The van der Waals surface area contributed by atoms with Crippen molar-refractivity contribution in [3.63, 3.8) is 0 Å². The molecule has 1 unspecified atom stereocenters. The standard InChI is InChI=1S/C7H16N2/c1-6-4-7(2,3)9(6)5-8/h6H,4-5,8H2,1-3H3. The van der Waals surface area contributed by atoms with Crippen molar-refractivity contribution in [3.05, 3.63) is 0 Å². The van der Waals surface area contributed by atoms with E-state index < -0.39 is 0 Å². The van der Waals surface area contributed by atoms with Crippen LogP contribution < -0.4 is 5.73 Å². The molecule has 0 aromatic rings. The maximum Gasteiger partial charge on any atom is 0.0463 e. The molecule has 0 saturated carbocycles. The van der Waals surface area contributed by atoms with Crippen molar-refractivity contribution in [2.45, 2.75) is 38.8 Å². The van der Waals surface area contributed by atoms with E-state index in [-0.39, 0.29) is 0 Å². The Labute approximate surface area is 57.0 Å². The molecular weight excluding hydrogens is 112 g/mol. The van der Waals surface area contributed by atoms with Gasteiger partial charge in [0.15, 0.2) is 0 Å². The second-order valence-electron chi connectivity index (χ2n) is 3.52. The van der Waals surface area contributed by atoms with Crippen molar-refractivity contribution in [1.82, 2.24) is 4.90 Å². The summed E-state index contributed by atoms with van der Waals surface area (Å²) in [5, 5.41) is 0. The summed E-state index contributed by atoms with van der Waals surface area (Å²) in [6, 6.07) is 0.699. The molecule has 1 heterocycles. The van der Waals surface area contributed by atoms with Gasteiger partial charge in [-0.25, -0.2) is 0 Å². The molecule has 1 fully saturated rings. The van der Waals surface area contributed by atoms with Crippen molar-refractivity contribution < 1.29 is 0 Å². The third-order valence-electron chi connectivity index (χ3n) is 2.30. The molecule has 1 aliphatic rings. The molecule has 1 saturated heterocycles. The molecule has 0 aromatic carbocycles. The highest BCUT2D eigenvalue weighted by molar-refractivity contribution is 4.96. The van der Waals surface area contributed by atoms with Crippen LogP contribution in [0.15, 0.2) is 0 Å². The van der Waals surface area contributed by atoms with Gasteiger partial charge in [-0.15, -0.1) is 0 Å². The van der Waals surface area contributed by atoms with E-state index >= 15 is 0 Å². The van der Waals surface area contributed by atoms with E-state index in [1.165, 1.54) is 6.42 Å². The Kier molecular flexibility index (Phi) is 1.53. The average molecular weight is 128 g/mol. The fraction of sp³-hybridized carbons (Fsp3) is 1.00. The number of hydrogen-bond donors (Lipinski definition) is 1. The SMILES string of the molecule is CC1CC(C)(C)N1CN. The van der Waals surface area contributed by atoms with Crippen LogP contribution in [0.1, 0.15) is 27.2 Å². The lowest BCUT2D eigenvalue weighted by molar-refractivity contribution is -0.0375. The number of rotatable bonds is 1. The lowest BCUT2D eigenvalue weighted by Gasteiger charge is -2.53. The Morgan fingerprint density at radius 1 is 1.67 bits per heavy atom. The summed E-state index contributed by atoms with van der Waals surface area (Å²) in [7, 11) is 0. The van der Waals surface area contributed by atoms with Crippen molar-refractivity contribution >= 4 is 0 Å². The zero-order valence-corrected chi connectivity index (χ0v) is 6.52. The second-order valence-corrected chi connectivity index (χ2v) is 3.52. The van der Waals surface area contributed by atoms with E-state index in [2.05, 4.69) is 25.7 Å². The topological polar surface area (TPSA) is 29.3 Å². The summed E-state index contributed by atoms with van der Waals surface area (Å²) in [6.07, 6.45) is 1.28. The van der Waals surface area contributed by atoms with E-state index in [1.807, 2.05) is 0 Å². The summed E-state index contributed by atoms with van der Waals surface area (Å²) in [5.74, 6) is 0. The van der Waals surface area contributed by atoms with Gasteiger partial charge < -0.3 is 5.73 Å². The van der Waals surface area contributed by atoms with E-state index in [0.717, 1.165) is 0 Å². The molecule has 0 bridgehead atoms. The Morgan fingerprint density at radius 2 is 2.22 bits per heavy atom. The summed E-state index contributed by atoms with van der Waals surface area (Å²) in [4.78, 5) is 2.31. The molecule has 0 aliphatic carbocycles. The van der Waals surface area contributed by atoms with Gasteiger partial charge in [0.1, 0.15) is 0 Å². The molecule has 0 spiro atoms. The third-order valence-corrected chi connectivity index (χ3v) is 2.30. The largest absolute Gasteiger partial charge is 0.318 e. The summed E-state index contributed by atoms with van der Waals surface area (Å²) in [6.45, 7) is 7.39. The fourth-order valence-corrected chi connectivity index (χ4v) is 1.86. The fourth-order valence-electron chi connectivity index (χ4n) is 1.86. The predicted molar refractivity (Wildman–Crippen MR) is 39.1 cm³/mol. The minimum absolute atomic E-state index is 0.369. The van der Waals surface area contributed by atoms with Crippen LogP contribution >= 0.6 is 0 Å². The predicted octanol–water partition coefficient (Wildman–Crippen LogP) is 0.775. The molecule has 2 heteroatoms. The normalized spacial score (nSPS) is 34.0. The van der Waals surface area contributed by atoms with Crippen LogP contribution in [-0.4, -0.2) is 23.1 Å². The Bertz CT molecular complexity index is 109. The van der Waals surface area contributed by atoms with Crippen molar-refractivity contribution in [2.24, 2.45) is 5.73 Å². The van der Waals surface area contributed by atoms with E-state index in [4.69, 9.17) is 5.73 Å². The molecule has 1 atom stereocenters. The minimum Gasteiger partial charge on any atom is -0.318 e. The first-order chi connectivity index (χ1) is 4.08. The lowest BCUT2D eigenvalue weighted by Crippen LogP contribution is -2.63. The van der Waals surface area contributed by atoms with Gasteiger partial charge in [0.25, 0.3) is 0 Å². The smallest absolute Gasteiger partial charge is 0.0463 e. The van der Waals surface area contributed by atoms with Crippen LogP contribution in [0, 0.1) is 0 Å². The van der Waals surface area contributed by atoms with Crippen molar-refractivity contribution in [1.29, 1.82) is 0 Å². The maximum atomic E-state index is 5.53. The Balaban J connectivity index is 2.48. The van der Waals surface area contributed by atoms with Gasteiger partial charge in [0, 0.05) is 18.2 Å². The molecule has 1 aliphatic heterocycles. The Morgan fingerprint density at radius 3 is 2.33 bits per heavy atom. The number of nitrogens with two attached hydrogens (primary N) is 1. The van der Waals surface area contributed by atoms with Crippen LogP contribution in [0.25, 0.3) is 0 Å². The molecule has 54 valence electrons. The first-order valence-electron chi connectivity index (χ1n) is 3.55. The van der Waals surface area contributed by atoms with Gasteiger partial charge in [-0.3, -0.25) is 4.90 Å². The van der Waals surface area contributed by atoms with Gasteiger partial charge in [0.05, 0.1) is 0 Å². The molecule has 9 heavy (non-hydrogen) atoms. The van der Waals surface area contributed by atoms with Gasteiger partial charge in [0.2, 0.25) is 0 Å². The summed E-state index contributed by atoms with van der Waals surface area (Å²) in [5.41, 5.74) is 5.89. The zero-order valence-electron chi connectivity index (χ0n) is 6.52. The minimum atomic E-state index is 0.369.